The van der Waals surface area contributed by atoms with Crippen LogP contribution in [0, 0.1) is 17.6 Å². The number of carbonyl (C=O) groups excluding carboxylic acids is 4. The smallest absolute Gasteiger partial charge is 0.407 e. The molecule has 2 unspecified atom stereocenters. The number of likely N-dealkylation sites (tertiary alicyclic amines) is 2. The van der Waals surface area contributed by atoms with Gasteiger partial charge in [0.2, 0.25) is 11.8 Å². The van der Waals surface area contributed by atoms with Crippen LogP contribution in [-0.4, -0.2) is 96.7 Å². The van der Waals surface area contributed by atoms with Crippen LogP contribution in [0.15, 0.2) is 52.7 Å². The number of rotatable bonds is 11. The van der Waals surface area contributed by atoms with Crippen molar-refractivity contribution < 1.29 is 46.7 Å². The average Bonchev–Trinajstić information content (AvgIpc) is 4.16. The molecule has 60 heavy (non-hydrogen) atoms. The summed E-state index contributed by atoms with van der Waals surface area (Å²) in [7, 11) is 2.02. The van der Waals surface area contributed by atoms with Gasteiger partial charge in [-0.3, -0.25) is 19.6 Å². The van der Waals surface area contributed by atoms with E-state index in [9.17, 15) is 19.2 Å². The van der Waals surface area contributed by atoms with Gasteiger partial charge in [-0.1, -0.05) is 51.8 Å². The molecule has 2 bridgehead atoms. The quantitative estimate of drug-likeness (QED) is 0.235. The summed E-state index contributed by atoms with van der Waals surface area (Å²) < 4.78 is 109. The van der Waals surface area contributed by atoms with Gasteiger partial charge in [-0.2, -0.15) is 0 Å². The molecule has 1 saturated carbocycles. The predicted molar refractivity (Wildman–Crippen MR) is 229 cm³/mol. The summed E-state index contributed by atoms with van der Waals surface area (Å²) in [6, 6.07) is 1.80. The van der Waals surface area contributed by atoms with E-state index >= 15 is 4.39 Å². The molecule has 6 aliphatic rings. The van der Waals surface area contributed by atoms with Crippen LogP contribution < -0.4 is 10.6 Å². The number of aliphatic imine (C=N–C) groups is 2. The summed E-state index contributed by atoms with van der Waals surface area (Å²) in [5, 5.41) is 4.09. The Hall–Kier alpha value is -5.33. The van der Waals surface area contributed by atoms with E-state index < -0.39 is 79.4 Å². The minimum atomic E-state index is -3.81. The molecule has 4 heterocycles. The number of fused-ring (bicyclic) bond motifs is 5. The number of hydrogen-bond acceptors (Lipinski definition) is 8. The van der Waals surface area contributed by atoms with Crippen molar-refractivity contribution in [1.82, 2.24) is 20.4 Å². The van der Waals surface area contributed by atoms with Gasteiger partial charge in [0.25, 0.3) is 0 Å². The van der Waals surface area contributed by atoms with Crippen LogP contribution >= 0.6 is 0 Å². The third-order valence-corrected chi connectivity index (χ3v) is 12.8. The zero-order chi connectivity index (χ0) is 51.1. The topological polar surface area (TPSA) is 142 Å². The normalized spacial score (nSPS) is 28.2. The number of hydrogen-bond donors (Lipinski definition) is 2. The lowest BCUT2D eigenvalue weighted by Crippen LogP contribution is -2.53. The van der Waals surface area contributed by atoms with E-state index in [2.05, 4.69) is 15.0 Å². The van der Waals surface area contributed by atoms with Gasteiger partial charge in [0.1, 0.15) is 17.9 Å². The van der Waals surface area contributed by atoms with Crippen LogP contribution in [0.3, 0.4) is 0 Å². The lowest BCUT2D eigenvalue weighted by atomic mass is 9.80. The number of alkyl carbamates (subject to hydrolysis) is 2. The zero-order valence-corrected chi connectivity index (χ0v) is 34.2. The highest BCUT2D eigenvalue weighted by Gasteiger charge is 2.43. The Morgan fingerprint density at radius 3 is 1.82 bits per heavy atom. The Morgan fingerprint density at radius 1 is 0.750 bits per heavy atom. The van der Waals surface area contributed by atoms with E-state index in [1.165, 1.54) is 25.5 Å². The first-order valence-electron chi connectivity index (χ1n) is 25.5. The molecule has 3 fully saturated rings. The first-order chi connectivity index (χ1) is 32.7. The van der Waals surface area contributed by atoms with Crippen molar-refractivity contribution >= 4 is 46.6 Å². The van der Waals surface area contributed by atoms with E-state index in [1.807, 2.05) is 18.3 Å². The predicted octanol–water partition coefficient (Wildman–Crippen LogP) is 7.97. The van der Waals surface area contributed by atoms with Crippen molar-refractivity contribution in [2.45, 2.75) is 121 Å². The zero-order valence-electron chi connectivity index (χ0n) is 44.2. The molecule has 2 N–H and O–H groups in total. The van der Waals surface area contributed by atoms with Crippen LogP contribution in [0.1, 0.15) is 133 Å². The van der Waals surface area contributed by atoms with Crippen molar-refractivity contribution in [3.05, 3.63) is 70.8 Å². The van der Waals surface area contributed by atoms with E-state index in [-0.39, 0.29) is 24.8 Å². The molecule has 13 heteroatoms. The van der Waals surface area contributed by atoms with E-state index in [0.29, 0.717) is 61.1 Å². The maximum Gasteiger partial charge on any atom is 0.407 e. The van der Waals surface area contributed by atoms with Crippen LogP contribution in [-0.2, 0) is 19.1 Å². The first-order valence-corrected chi connectivity index (χ1v) is 20.5. The van der Waals surface area contributed by atoms with E-state index in [4.69, 9.17) is 23.4 Å². The Bertz CT molecular complexity index is 2630. The number of nitrogens with zero attached hydrogens (tertiary/aromatic N) is 4. The number of halogens is 1. The number of ether oxygens (including phenoxy) is 2. The SMILES string of the molecule is [2H]C([2H])([2H])C([2H])(C([2H])([2H])[2H])[C@]([2H])(NC(=O)OC)C(=O)N1CCC[C@H]1C1=NC=C(c2ccc(-c3ccc(C4=CN=C([C@@H]5CCCN5C(=O)[C@]([2H])(NC(=O)OC)C([2H])(C)C)C4)c4c3C3CCC4C3)c(F)c2)C1. The molecule has 0 aromatic heterocycles. The summed E-state index contributed by atoms with van der Waals surface area (Å²) in [6.07, 6.45) is 6.36. The highest BCUT2D eigenvalue weighted by Crippen LogP contribution is 2.58. The van der Waals surface area contributed by atoms with Gasteiger partial charge in [-0.25, -0.2) is 14.0 Å². The monoisotopic (exact) mass is 830 g/mol. The molecular formula is C47H57FN6O6. The maximum absolute atomic E-state index is 16.6. The second-order valence-corrected chi connectivity index (χ2v) is 16.5. The van der Waals surface area contributed by atoms with Gasteiger partial charge >= 0.3 is 12.2 Å². The van der Waals surface area contributed by atoms with E-state index in [0.717, 1.165) is 66.4 Å². The molecule has 0 spiro atoms. The maximum atomic E-state index is 16.6. The Morgan fingerprint density at radius 2 is 1.27 bits per heavy atom. The van der Waals surface area contributed by atoms with Crippen molar-refractivity contribution in [2.24, 2.45) is 21.8 Å². The van der Waals surface area contributed by atoms with Crippen LogP contribution in [0.5, 0.6) is 0 Å². The summed E-state index contributed by atoms with van der Waals surface area (Å²) >= 11 is 0. The highest BCUT2D eigenvalue weighted by atomic mass is 19.1. The summed E-state index contributed by atoms with van der Waals surface area (Å²) in [4.78, 5) is 65.1. The summed E-state index contributed by atoms with van der Waals surface area (Å²) in [5.41, 5.74) is 7.82. The van der Waals surface area contributed by atoms with Crippen molar-refractivity contribution in [1.29, 1.82) is 0 Å². The summed E-state index contributed by atoms with van der Waals surface area (Å²) in [5.74, 6) is -7.59. The average molecular weight is 831 g/mol. The standard InChI is InChI=1S/C47H57FN6O6/c1-25(2)42(51-46(57)59-5)44(55)53-17-7-9-38(53)36-21-30(23-49-36)27-13-14-33(35(48)20-27)34-16-15-32(40-28-11-12-29(19-28)41(34)40)31-22-37(50-24-31)39-10-8-18-54(39)45(56)43(26(3)4)52-47(58)60-6/h13-16,20,23-26,28-29,38-39,42-43H,7-12,17-19,21-22H2,1-6H3,(H,51,57)(H,52,58)/t28?,29?,38-,39-,42-,43+/m0/s1/i1D3,2D3,25D,26D,42D,43D. The molecule has 4 aliphatic heterocycles. The molecule has 6 atom stereocenters. The van der Waals surface area contributed by atoms with Gasteiger partial charge in [-0.05, 0) is 114 Å². The lowest BCUT2D eigenvalue weighted by Gasteiger charge is -2.31. The number of nitrogens with one attached hydrogen (secondary N) is 2. The Kier molecular flexibility index (Phi) is 8.67. The van der Waals surface area contributed by atoms with Gasteiger partial charge in [-0.15, -0.1) is 0 Å². The molecule has 2 aromatic rings. The van der Waals surface area contributed by atoms with Crippen LogP contribution in [0.4, 0.5) is 14.0 Å². The molecule has 318 valence electrons. The largest absolute Gasteiger partial charge is 0.453 e. The molecular weight excluding hydrogens is 764 g/mol. The fourth-order valence-electron chi connectivity index (χ4n) is 10.0. The molecule has 2 saturated heterocycles. The van der Waals surface area contributed by atoms with Gasteiger partial charge in [0, 0.05) is 66.3 Å². The molecule has 12 nitrogen and oxygen atoms in total. The minimum Gasteiger partial charge on any atom is -0.453 e. The number of carbonyl (C=O) groups is 4. The number of allylic oxidation sites excluding steroid dienone is 2. The second-order valence-electron chi connectivity index (χ2n) is 16.5. The molecule has 4 amide bonds. The second kappa shape index (κ2) is 17.0. The Labute approximate surface area is 365 Å². The van der Waals surface area contributed by atoms with Crippen molar-refractivity contribution in [3.63, 3.8) is 0 Å². The molecule has 2 aromatic carbocycles. The third-order valence-electron chi connectivity index (χ3n) is 12.8. The van der Waals surface area contributed by atoms with Crippen molar-refractivity contribution in [3.8, 4) is 11.1 Å². The third kappa shape index (κ3) is 7.64. The van der Waals surface area contributed by atoms with Crippen LogP contribution in [0.25, 0.3) is 22.3 Å². The van der Waals surface area contributed by atoms with Gasteiger partial charge in [0.05, 0.1) is 29.0 Å². The minimum absolute atomic E-state index is 0.0454. The molecule has 8 rings (SSSR count). The number of methoxy groups -OCH3 is 2. The van der Waals surface area contributed by atoms with E-state index in [1.54, 1.807) is 28.5 Å². The van der Waals surface area contributed by atoms with Crippen LogP contribution in [0.2, 0.25) is 0 Å². The van der Waals surface area contributed by atoms with Crippen molar-refractivity contribution in [2.75, 3.05) is 27.3 Å². The molecule has 0 radical (unpaired) electrons. The number of benzene rings is 2. The fourth-order valence-corrected chi connectivity index (χ4v) is 10.0. The Balaban J connectivity index is 1.00. The summed E-state index contributed by atoms with van der Waals surface area (Å²) in [6.45, 7) is -4.40. The van der Waals surface area contributed by atoms with Gasteiger partial charge in [0.15, 0.2) is 0 Å². The first kappa shape index (κ1) is 30.7. The number of amides is 4. The fraction of sp³-hybridized carbons (Fsp3) is 0.532. The molecule has 2 aliphatic carbocycles. The lowest BCUT2D eigenvalue weighted by molar-refractivity contribution is -0.134. The van der Waals surface area contributed by atoms with Gasteiger partial charge < -0.3 is 29.9 Å². The highest BCUT2D eigenvalue weighted by molar-refractivity contribution is 6.05.